The van der Waals surface area contributed by atoms with Crippen molar-refractivity contribution in [3.8, 4) is 0 Å². The number of ketones is 2. The van der Waals surface area contributed by atoms with Gasteiger partial charge >= 0.3 is 0 Å². The number of hydrogen-bond acceptors (Lipinski definition) is 4. The summed E-state index contributed by atoms with van der Waals surface area (Å²) in [4.78, 5) is 23.1. The fourth-order valence-corrected chi connectivity index (χ4v) is 1.62. The van der Waals surface area contributed by atoms with E-state index in [0.717, 1.165) is 0 Å². The van der Waals surface area contributed by atoms with E-state index in [1.807, 2.05) is 0 Å². The molecule has 0 spiro atoms. The molecule has 0 N–H and O–H groups in total. The van der Waals surface area contributed by atoms with E-state index in [2.05, 4.69) is 10.2 Å². The molecule has 0 aromatic carbocycles. The van der Waals surface area contributed by atoms with Crippen LogP contribution in [0.5, 0.6) is 0 Å². The molecule has 0 unspecified atom stereocenters. The zero-order chi connectivity index (χ0) is 10.4. The fraction of sp³-hybridized carbons (Fsp3) is 0. The first-order valence-corrected chi connectivity index (χ1v) is 4.38. The average molecular weight is 199 g/mol. The Morgan fingerprint density at radius 2 is 1.87 bits per heavy atom. The SMILES string of the molecule is O=C1C=CC(=O)c2c1nnc1cccn21. The second kappa shape index (κ2) is 2.60. The Kier molecular flexibility index (Phi) is 1.39. The molecule has 1 aliphatic rings. The van der Waals surface area contributed by atoms with Crippen LogP contribution in [-0.4, -0.2) is 26.2 Å². The number of carbonyl (C=O) groups is 2. The molecule has 5 heteroatoms. The summed E-state index contributed by atoms with van der Waals surface area (Å²) in [5, 5.41) is 7.60. The van der Waals surface area contributed by atoms with Crippen molar-refractivity contribution in [1.82, 2.24) is 14.6 Å². The lowest BCUT2D eigenvalue weighted by molar-refractivity contribution is 0.0984. The first-order chi connectivity index (χ1) is 7.27. The molecule has 72 valence electrons. The number of fused-ring (bicyclic) bond motifs is 3. The Morgan fingerprint density at radius 1 is 1.07 bits per heavy atom. The summed E-state index contributed by atoms with van der Waals surface area (Å²) in [6.07, 6.45) is 4.16. The maximum Gasteiger partial charge on any atom is 0.208 e. The largest absolute Gasteiger partial charge is 0.295 e. The topological polar surface area (TPSA) is 64.3 Å². The van der Waals surface area contributed by atoms with Crippen LogP contribution in [0.3, 0.4) is 0 Å². The van der Waals surface area contributed by atoms with Crippen molar-refractivity contribution < 1.29 is 9.59 Å². The van der Waals surface area contributed by atoms with Gasteiger partial charge in [0.2, 0.25) is 11.6 Å². The first-order valence-electron chi connectivity index (χ1n) is 4.38. The predicted octanol–water partition coefficient (Wildman–Crippen LogP) is 0.664. The summed E-state index contributed by atoms with van der Waals surface area (Å²) < 4.78 is 1.58. The van der Waals surface area contributed by atoms with Crippen LogP contribution >= 0.6 is 0 Å². The minimum atomic E-state index is -0.285. The predicted molar refractivity (Wildman–Crippen MR) is 50.8 cm³/mol. The van der Waals surface area contributed by atoms with Crippen LogP contribution in [0.25, 0.3) is 5.65 Å². The molecule has 1 aliphatic carbocycles. The van der Waals surface area contributed by atoms with Gasteiger partial charge in [0, 0.05) is 6.20 Å². The zero-order valence-corrected chi connectivity index (χ0v) is 7.54. The van der Waals surface area contributed by atoms with E-state index in [0.29, 0.717) is 5.65 Å². The highest BCUT2D eigenvalue weighted by Crippen LogP contribution is 2.15. The van der Waals surface area contributed by atoms with Gasteiger partial charge in [0.1, 0.15) is 5.69 Å². The van der Waals surface area contributed by atoms with Crippen molar-refractivity contribution >= 4 is 17.2 Å². The van der Waals surface area contributed by atoms with Gasteiger partial charge in [-0.3, -0.25) is 14.0 Å². The third kappa shape index (κ3) is 0.969. The van der Waals surface area contributed by atoms with Crippen molar-refractivity contribution in [3.63, 3.8) is 0 Å². The Hall–Kier alpha value is -2.30. The molecule has 0 aliphatic heterocycles. The highest BCUT2D eigenvalue weighted by molar-refractivity contribution is 6.20. The second-order valence-corrected chi connectivity index (χ2v) is 3.20. The zero-order valence-electron chi connectivity index (χ0n) is 7.54. The van der Waals surface area contributed by atoms with Gasteiger partial charge in [0.15, 0.2) is 11.3 Å². The van der Waals surface area contributed by atoms with Crippen LogP contribution in [0.1, 0.15) is 21.0 Å². The highest BCUT2D eigenvalue weighted by Gasteiger charge is 2.23. The molecule has 0 saturated heterocycles. The highest BCUT2D eigenvalue weighted by atomic mass is 16.1. The monoisotopic (exact) mass is 199 g/mol. The van der Waals surface area contributed by atoms with Gasteiger partial charge in [-0.15, -0.1) is 10.2 Å². The molecule has 5 nitrogen and oxygen atoms in total. The molecule has 3 rings (SSSR count). The minimum absolute atomic E-state index is 0.117. The molecule has 2 heterocycles. The molecule has 15 heavy (non-hydrogen) atoms. The maximum absolute atomic E-state index is 11.6. The standard InChI is InChI=1S/C10H5N3O2/c14-6-3-4-7(15)10-9(6)12-11-8-2-1-5-13(8)10/h1-5H. The normalized spacial score (nSPS) is 14.7. The number of rotatable bonds is 0. The first kappa shape index (κ1) is 8.05. The van der Waals surface area contributed by atoms with E-state index in [4.69, 9.17) is 0 Å². The third-order valence-corrected chi connectivity index (χ3v) is 2.30. The average Bonchev–Trinajstić information content (AvgIpc) is 2.70. The van der Waals surface area contributed by atoms with Crippen LogP contribution in [0.2, 0.25) is 0 Å². The molecular weight excluding hydrogens is 194 g/mol. The summed E-state index contributed by atoms with van der Waals surface area (Å²) in [6, 6.07) is 3.48. The molecular formula is C10H5N3O2. The minimum Gasteiger partial charge on any atom is -0.295 e. The van der Waals surface area contributed by atoms with Gasteiger partial charge < -0.3 is 0 Å². The molecule has 2 aromatic rings. The molecule has 0 atom stereocenters. The van der Waals surface area contributed by atoms with Crippen molar-refractivity contribution in [2.45, 2.75) is 0 Å². The fourth-order valence-electron chi connectivity index (χ4n) is 1.62. The molecule has 2 aromatic heterocycles. The quantitative estimate of drug-likeness (QED) is 0.625. The van der Waals surface area contributed by atoms with Crippen LogP contribution in [0.4, 0.5) is 0 Å². The smallest absolute Gasteiger partial charge is 0.208 e. The van der Waals surface area contributed by atoms with Gasteiger partial charge in [0.25, 0.3) is 0 Å². The lowest BCUT2D eigenvalue weighted by Gasteiger charge is -2.08. The van der Waals surface area contributed by atoms with Crippen molar-refractivity contribution in [2.24, 2.45) is 0 Å². The van der Waals surface area contributed by atoms with E-state index in [1.165, 1.54) is 12.2 Å². The number of nitrogens with zero attached hydrogens (tertiary/aromatic N) is 3. The number of allylic oxidation sites excluding steroid dienone is 2. The maximum atomic E-state index is 11.6. The van der Waals surface area contributed by atoms with Gasteiger partial charge in [-0.1, -0.05) is 0 Å². The summed E-state index contributed by atoms with van der Waals surface area (Å²) in [5.74, 6) is -0.506. The summed E-state index contributed by atoms with van der Waals surface area (Å²) in [6.45, 7) is 0. The summed E-state index contributed by atoms with van der Waals surface area (Å²) in [5.41, 5.74) is 0.967. The Labute approximate surface area is 84.0 Å². The van der Waals surface area contributed by atoms with Gasteiger partial charge in [-0.05, 0) is 24.3 Å². The van der Waals surface area contributed by atoms with E-state index in [9.17, 15) is 9.59 Å². The third-order valence-electron chi connectivity index (χ3n) is 2.30. The Balaban J connectivity index is 2.48. The molecule has 0 bridgehead atoms. The van der Waals surface area contributed by atoms with Crippen LogP contribution in [-0.2, 0) is 0 Å². The Bertz CT molecular complexity index is 625. The molecule has 0 saturated carbocycles. The van der Waals surface area contributed by atoms with Gasteiger partial charge in [-0.25, -0.2) is 0 Å². The van der Waals surface area contributed by atoms with Gasteiger partial charge in [0.05, 0.1) is 0 Å². The summed E-state index contributed by atoms with van der Waals surface area (Å²) >= 11 is 0. The van der Waals surface area contributed by atoms with Crippen molar-refractivity contribution in [3.05, 3.63) is 41.9 Å². The van der Waals surface area contributed by atoms with Crippen molar-refractivity contribution in [2.75, 3.05) is 0 Å². The molecule has 0 amide bonds. The Morgan fingerprint density at radius 3 is 2.73 bits per heavy atom. The van der Waals surface area contributed by atoms with Crippen molar-refractivity contribution in [1.29, 1.82) is 0 Å². The number of carbonyl (C=O) groups excluding carboxylic acids is 2. The number of hydrogen-bond donors (Lipinski definition) is 0. The van der Waals surface area contributed by atoms with E-state index < -0.39 is 0 Å². The molecule has 0 radical (unpaired) electrons. The molecule has 0 fully saturated rings. The number of aromatic nitrogens is 3. The van der Waals surface area contributed by atoms with Crippen LogP contribution in [0, 0.1) is 0 Å². The van der Waals surface area contributed by atoms with E-state index >= 15 is 0 Å². The van der Waals surface area contributed by atoms with E-state index in [-0.39, 0.29) is 23.0 Å². The second-order valence-electron chi connectivity index (χ2n) is 3.20. The van der Waals surface area contributed by atoms with Crippen LogP contribution < -0.4 is 0 Å². The van der Waals surface area contributed by atoms with E-state index in [1.54, 1.807) is 22.7 Å². The lowest BCUT2D eigenvalue weighted by Crippen LogP contribution is -2.18. The summed E-state index contributed by atoms with van der Waals surface area (Å²) in [7, 11) is 0. The van der Waals surface area contributed by atoms with Crippen LogP contribution in [0.15, 0.2) is 30.5 Å². The van der Waals surface area contributed by atoms with Gasteiger partial charge in [-0.2, -0.15) is 0 Å². The lowest BCUT2D eigenvalue weighted by atomic mass is 10.1.